The van der Waals surface area contributed by atoms with Crippen molar-refractivity contribution in [1.82, 2.24) is 23.7 Å². The first kappa shape index (κ1) is 34.3. The van der Waals surface area contributed by atoms with Gasteiger partial charge in [0.05, 0.1) is 38.8 Å². The molecule has 9 aromatic carbocycles. The number of para-hydroxylation sites is 5. The molecule has 0 amide bonds. The van der Waals surface area contributed by atoms with E-state index in [0.717, 1.165) is 65.9 Å². The topological polar surface area (TPSA) is 40.6 Å². The average Bonchev–Trinajstić information content (AvgIpc) is 4.07. The van der Waals surface area contributed by atoms with Gasteiger partial charge in [-0.2, -0.15) is 0 Å². The molecular formula is C58H33N5S. The van der Waals surface area contributed by atoms with Crippen molar-refractivity contribution in [2.24, 2.45) is 0 Å². The Morgan fingerprint density at radius 3 is 1.78 bits per heavy atom. The smallest absolute Gasteiger partial charge is 0.165 e. The van der Waals surface area contributed by atoms with Gasteiger partial charge in [0.2, 0.25) is 0 Å². The highest BCUT2D eigenvalue weighted by Gasteiger charge is 2.28. The van der Waals surface area contributed by atoms with Gasteiger partial charge in [-0.15, -0.1) is 11.3 Å². The van der Waals surface area contributed by atoms with E-state index in [-0.39, 0.29) is 0 Å². The van der Waals surface area contributed by atoms with Gasteiger partial charge in [0, 0.05) is 64.8 Å². The predicted molar refractivity (Wildman–Crippen MR) is 268 cm³/mol. The zero-order valence-corrected chi connectivity index (χ0v) is 35.0. The van der Waals surface area contributed by atoms with Crippen molar-refractivity contribution in [3.8, 4) is 50.7 Å². The molecule has 0 atom stereocenters. The van der Waals surface area contributed by atoms with Crippen LogP contribution < -0.4 is 0 Å². The molecule has 0 saturated heterocycles. The molecule has 1 aliphatic heterocycles. The van der Waals surface area contributed by atoms with Gasteiger partial charge in [0.1, 0.15) is 16.0 Å². The van der Waals surface area contributed by atoms with Gasteiger partial charge >= 0.3 is 0 Å². The van der Waals surface area contributed by atoms with Crippen LogP contribution in [0.5, 0.6) is 0 Å². The molecule has 64 heavy (non-hydrogen) atoms. The summed E-state index contributed by atoms with van der Waals surface area (Å²) in [5.74, 6) is 0.815. The highest BCUT2D eigenvalue weighted by Crippen LogP contribution is 2.49. The molecule has 0 fully saturated rings. The van der Waals surface area contributed by atoms with Gasteiger partial charge in [-0.05, 0) is 65.7 Å². The fourth-order valence-corrected chi connectivity index (χ4v) is 12.0. The van der Waals surface area contributed by atoms with Crippen LogP contribution in [0.25, 0.3) is 137 Å². The maximum absolute atomic E-state index is 5.79. The van der Waals surface area contributed by atoms with Gasteiger partial charge < -0.3 is 9.13 Å². The molecule has 0 radical (unpaired) electrons. The summed E-state index contributed by atoms with van der Waals surface area (Å²) in [5.41, 5.74) is 17.0. The van der Waals surface area contributed by atoms with Crippen molar-refractivity contribution in [2.45, 2.75) is 0 Å². The zero-order chi connectivity index (χ0) is 41.6. The number of fused-ring (bicyclic) bond motifs is 17. The van der Waals surface area contributed by atoms with Crippen LogP contribution in [0.15, 0.2) is 200 Å². The minimum atomic E-state index is 0.815. The Labute approximate surface area is 370 Å². The number of thiophene rings is 1. The highest BCUT2D eigenvalue weighted by atomic mass is 32.1. The minimum Gasteiger partial charge on any atom is -0.309 e. The fraction of sp³-hybridized carbons (Fsp3) is 0. The normalized spacial score (nSPS) is 12.4. The first-order valence-electron chi connectivity index (χ1n) is 21.8. The van der Waals surface area contributed by atoms with Crippen molar-refractivity contribution in [1.29, 1.82) is 0 Å². The molecule has 0 saturated carbocycles. The molecular weight excluding hydrogens is 799 g/mol. The van der Waals surface area contributed by atoms with E-state index in [1.165, 1.54) is 70.6 Å². The van der Waals surface area contributed by atoms with E-state index in [1.807, 2.05) is 0 Å². The molecule has 6 heteroatoms. The molecule has 0 bridgehead atoms. The first-order valence-corrected chi connectivity index (χ1v) is 22.6. The van der Waals surface area contributed by atoms with Crippen LogP contribution in [-0.4, -0.2) is 23.7 Å². The van der Waals surface area contributed by atoms with Gasteiger partial charge in [-0.25, -0.2) is 9.97 Å². The third-order valence-electron chi connectivity index (χ3n) is 13.6. The maximum atomic E-state index is 5.79. The first-order chi connectivity index (χ1) is 31.8. The second kappa shape index (κ2) is 12.6. The van der Waals surface area contributed by atoms with Gasteiger partial charge in [0.25, 0.3) is 0 Å². The summed E-state index contributed by atoms with van der Waals surface area (Å²) >= 11 is 1.71. The standard InChI is InChI=1S/C58H33N5S/c1-2-16-34(17-3-1)61-48-29-12-8-22-41(48)53-43(26-15-30-49(53)61)54-57(59-55-42-23-9-13-31-52(42)64-58(55)60-54)63-47-28-11-7-21-38(47)44-32-50-45(33-51(44)63)40-25-14-24-39-36-19-5-4-18-35(36)37-20-6-10-27-46(37)62(50)56(39)40/h1-33H. The maximum Gasteiger partial charge on any atom is 0.165 e. The molecule has 5 nitrogen and oxygen atoms in total. The number of hydrogen-bond acceptors (Lipinski definition) is 3. The Balaban J connectivity index is 1.10. The quantitative estimate of drug-likeness (QED) is 0.178. The van der Waals surface area contributed by atoms with Crippen LogP contribution >= 0.6 is 11.3 Å². The Morgan fingerprint density at radius 2 is 0.938 bits per heavy atom. The van der Waals surface area contributed by atoms with E-state index < -0.39 is 0 Å². The molecule has 1 aliphatic rings. The van der Waals surface area contributed by atoms with E-state index in [2.05, 4.69) is 214 Å². The third kappa shape index (κ3) is 4.46. The van der Waals surface area contributed by atoms with Crippen LogP contribution in [0.1, 0.15) is 0 Å². The van der Waals surface area contributed by atoms with E-state index >= 15 is 0 Å². The summed E-state index contributed by atoms with van der Waals surface area (Å²) < 4.78 is 8.47. The van der Waals surface area contributed by atoms with Crippen molar-refractivity contribution in [3.05, 3.63) is 200 Å². The van der Waals surface area contributed by atoms with E-state index in [4.69, 9.17) is 9.97 Å². The summed E-state index contributed by atoms with van der Waals surface area (Å²) in [7, 11) is 0. The highest BCUT2D eigenvalue weighted by molar-refractivity contribution is 7.25. The lowest BCUT2D eigenvalue weighted by atomic mass is 9.94. The van der Waals surface area contributed by atoms with Crippen LogP contribution in [0, 0.1) is 0 Å². The minimum absolute atomic E-state index is 0.815. The van der Waals surface area contributed by atoms with Crippen molar-refractivity contribution in [3.63, 3.8) is 0 Å². The molecule has 15 rings (SSSR count). The van der Waals surface area contributed by atoms with Crippen molar-refractivity contribution in [2.75, 3.05) is 0 Å². The summed E-state index contributed by atoms with van der Waals surface area (Å²) in [5, 5.41) is 8.22. The lowest BCUT2D eigenvalue weighted by molar-refractivity contribution is 1.09. The molecule has 6 heterocycles. The van der Waals surface area contributed by atoms with Crippen LogP contribution in [0.4, 0.5) is 0 Å². The lowest BCUT2D eigenvalue weighted by Gasteiger charge is -2.14. The van der Waals surface area contributed by atoms with Crippen molar-refractivity contribution >= 4 is 97.2 Å². The molecule has 296 valence electrons. The Hall–Kier alpha value is -8.32. The molecule has 14 aromatic rings. The monoisotopic (exact) mass is 831 g/mol. The largest absolute Gasteiger partial charge is 0.309 e. The molecule has 0 N–H and O–H groups in total. The Kier molecular flexibility index (Phi) is 6.77. The summed E-state index contributed by atoms with van der Waals surface area (Å²) in [4.78, 5) is 12.4. The molecule has 5 aromatic heterocycles. The molecule has 0 aliphatic carbocycles. The van der Waals surface area contributed by atoms with E-state index in [9.17, 15) is 0 Å². The van der Waals surface area contributed by atoms with Gasteiger partial charge in [-0.3, -0.25) is 4.57 Å². The van der Waals surface area contributed by atoms with Crippen molar-refractivity contribution < 1.29 is 0 Å². The molecule has 0 unspecified atom stereocenters. The molecule has 0 spiro atoms. The second-order valence-electron chi connectivity index (χ2n) is 16.9. The van der Waals surface area contributed by atoms with E-state index in [1.54, 1.807) is 11.3 Å². The summed E-state index contributed by atoms with van der Waals surface area (Å²) in [6, 6.07) is 72.9. The number of benzene rings is 9. The van der Waals surface area contributed by atoms with Crippen LogP contribution in [0.2, 0.25) is 0 Å². The predicted octanol–water partition coefficient (Wildman–Crippen LogP) is 15.5. The number of hydrogen-bond donors (Lipinski definition) is 0. The SMILES string of the molecule is c1ccc(-n2c3ccccc3c3c(-c4nc5sc6ccccc6c5nc4-n4c5ccccc5c5cc6c(cc54)c4cccc5c4n6-c4ccccc4-c4ccccc4-5)cccc32)cc1. The van der Waals surface area contributed by atoms with E-state index in [0.29, 0.717) is 0 Å². The van der Waals surface area contributed by atoms with Gasteiger partial charge in [-0.1, -0.05) is 146 Å². The fourth-order valence-electron chi connectivity index (χ4n) is 11.0. The summed E-state index contributed by atoms with van der Waals surface area (Å²) in [6.45, 7) is 0. The number of aromatic nitrogens is 5. The lowest BCUT2D eigenvalue weighted by Crippen LogP contribution is -2.03. The Morgan fingerprint density at radius 1 is 0.359 bits per heavy atom. The summed E-state index contributed by atoms with van der Waals surface area (Å²) in [6.07, 6.45) is 0. The zero-order valence-electron chi connectivity index (χ0n) is 34.2. The van der Waals surface area contributed by atoms with Crippen LogP contribution in [0.3, 0.4) is 0 Å². The second-order valence-corrected chi connectivity index (χ2v) is 17.9. The Bertz CT molecular complexity index is 4320. The number of rotatable bonds is 3. The number of nitrogens with zero attached hydrogens (tertiary/aromatic N) is 5. The van der Waals surface area contributed by atoms with Gasteiger partial charge in [0.15, 0.2) is 5.82 Å². The average molecular weight is 832 g/mol. The third-order valence-corrected chi connectivity index (χ3v) is 14.7. The van der Waals surface area contributed by atoms with Crippen LogP contribution in [-0.2, 0) is 0 Å².